The van der Waals surface area contributed by atoms with Gasteiger partial charge < -0.3 is 16.2 Å². The fraction of sp³-hybridized carbons (Fsp3) is 0.176. The summed E-state index contributed by atoms with van der Waals surface area (Å²) < 4.78 is 0. The molecule has 0 heterocycles. The zero-order chi connectivity index (χ0) is 15.7. The Morgan fingerprint density at radius 1 is 1.05 bits per heavy atom. The lowest BCUT2D eigenvalue weighted by Gasteiger charge is -2.08. The van der Waals surface area contributed by atoms with Gasteiger partial charge in [0.1, 0.15) is 0 Å². The Bertz CT molecular complexity index is 751. The van der Waals surface area contributed by atoms with E-state index in [1.54, 1.807) is 30.3 Å². The number of benzene rings is 2. The quantitative estimate of drug-likeness (QED) is 0.756. The average Bonchev–Trinajstić information content (AvgIpc) is 3.30. The van der Waals surface area contributed by atoms with Crippen LogP contribution in [0.5, 0.6) is 0 Å². The highest BCUT2D eigenvalue weighted by Crippen LogP contribution is 2.25. The van der Waals surface area contributed by atoms with Gasteiger partial charge in [0.05, 0.1) is 5.56 Å². The van der Waals surface area contributed by atoms with Crippen molar-refractivity contribution in [2.45, 2.75) is 18.9 Å². The van der Waals surface area contributed by atoms with Crippen molar-refractivity contribution in [1.29, 1.82) is 0 Å². The molecule has 1 amide bonds. The van der Waals surface area contributed by atoms with Crippen LogP contribution in [-0.4, -0.2) is 23.0 Å². The van der Waals surface area contributed by atoms with E-state index in [1.807, 2.05) is 6.07 Å². The van der Waals surface area contributed by atoms with Crippen LogP contribution in [-0.2, 0) is 0 Å². The van der Waals surface area contributed by atoms with Gasteiger partial charge in [0, 0.05) is 17.3 Å². The maximum atomic E-state index is 12.1. The van der Waals surface area contributed by atoms with Crippen LogP contribution in [0.2, 0.25) is 0 Å². The average molecular weight is 296 g/mol. The van der Waals surface area contributed by atoms with E-state index in [2.05, 4.69) is 5.32 Å². The lowest BCUT2D eigenvalue weighted by atomic mass is 10.00. The Morgan fingerprint density at radius 3 is 2.45 bits per heavy atom. The predicted octanol–water partition coefficient (Wildman–Crippen LogP) is 2.53. The molecule has 3 rings (SSSR count). The van der Waals surface area contributed by atoms with E-state index >= 15 is 0 Å². The SMILES string of the molecule is Nc1cc(C(=O)O)cc(-c2cccc(C(=O)NC3CC3)c2)c1. The van der Waals surface area contributed by atoms with Gasteiger partial charge in [-0.3, -0.25) is 4.79 Å². The van der Waals surface area contributed by atoms with Gasteiger partial charge in [-0.1, -0.05) is 12.1 Å². The standard InChI is InChI=1S/C17H16N2O3/c18-14-8-12(7-13(9-14)17(21)22)10-2-1-3-11(6-10)16(20)19-15-4-5-15/h1-3,6-9,15H,4-5,18H2,(H,19,20)(H,21,22). The van der Waals surface area contributed by atoms with Crippen molar-refractivity contribution >= 4 is 17.6 Å². The van der Waals surface area contributed by atoms with Crippen molar-refractivity contribution in [2.75, 3.05) is 5.73 Å². The number of hydrogen-bond acceptors (Lipinski definition) is 3. The number of aromatic carboxylic acids is 1. The molecule has 1 saturated carbocycles. The molecule has 5 nitrogen and oxygen atoms in total. The number of anilines is 1. The van der Waals surface area contributed by atoms with Gasteiger partial charge in [0.25, 0.3) is 5.91 Å². The van der Waals surface area contributed by atoms with Crippen LogP contribution in [0.3, 0.4) is 0 Å². The highest BCUT2D eigenvalue weighted by molar-refractivity contribution is 5.96. The second-order valence-corrected chi connectivity index (χ2v) is 5.48. The number of hydrogen-bond donors (Lipinski definition) is 3. The number of nitrogens with two attached hydrogens (primary N) is 1. The molecule has 2 aromatic carbocycles. The molecule has 0 atom stereocenters. The van der Waals surface area contributed by atoms with Crippen LogP contribution >= 0.6 is 0 Å². The second-order valence-electron chi connectivity index (χ2n) is 5.48. The third-order valence-electron chi connectivity index (χ3n) is 3.57. The van der Waals surface area contributed by atoms with Gasteiger partial charge in [-0.05, 0) is 54.3 Å². The van der Waals surface area contributed by atoms with Crippen molar-refractivity contribution in [3.8, 4) is 11.1 Å². The number of carboxylic acid groups (broad SMARTS) is 1. The highest BCUT2D eigenvalue weighted by Gasteiger charge is 2.23. The molecule has 0 unspecified atom stereocenters. The van der Waals surface area contributed by atoms with Crippen LogP contribution in [0.25, 0.3) is 11.1 Å². The molecule has 0 aromatic heterocycles. The number of nitrogen functional groups attached to an aromatic ring is 1. The van der Waals surface area contributed by atoms with Crippen molar-refractivity contribution in [2.24, 2.45) is 0 Å². The molecule has 5 heteroatoms. The number of carbonyl (C=O) groups excluding carboxylic acids is 1. The summed E-state index contributed by atoms with van der Waals surface area (Å²) in [7, 11) is 0. The predicted molar refractivity (Wildman–Crippen MR) is 83.7 cm³/mol. The largest absolute Gasteiger partial charge is 0.478 e. The highest BCUT2D eigenvalue weighted by atomic mass is 16.4. The van der Waals surface area contributed by atoms with Crippen LogP contribution in [0, 0.1) is 0 Å². The first-order valence-electron chi connectivity index (χ1n) is 7.08. The van der Waals surface area contributed by atoms with E-state index in [0.717, 1.165) is 18.4 Å². The van der Waals surface area contributed by atoms with Gasteiger partial charge in [-0.2, -0.15) is 0 Å². The molecular formula is C17H16N2O3. The third kappa shape index (κ3) is 3.09. The molecule has 0 bridgehead atoms. The number of rotatable bonds is 4. The van der Waals surface area contributed by atoms with Crippen LogP contribution in [0.15, 0.2) is 42.5 Å². The molecule has 112 valence electrons. The van der Waals surface area contributed by atoms with Gasteiger partial charge in [0.15, 0.2) is 0 Å². The molecule has 0 saturated heterocycles. The lowest BCUT2D eigenvalue weighted by Crippen LogP contribution is -2.25. The monoisotopic (exact) mass is 296 g/mol. The van der Waals surface area contributed by atoms with Crippen LogP contribution in [0.4, 0.5) is 5.69 Å². The van der Waals surface area contributed by atoms with Gasteiger partial charge in [-0.25, -0.2) is 4.79 Å². The number of amides is 1. The van der Waals surface area contributed by atoms with E-state index in [0.29, 0.717) is 22.9 Å². The van der Waals surface area contributed by atoms with Crippen molar-refractivity contribution in [1.82, 2.24) is 5.32 Å². The van der Waals surface area contributed by atoms with Gasteiger partial charge in [0.2, 0.25) is 0 Å². The summed E-state index contributed by atoms with van der Waals surface area (Å²) >= 11 is 0. The fourth-order valence-electron chi connectivity index (χ4n) is 2.28. The third-order valence-corrected chi connectivity index (χ3v) is 3.57. The first-order valence-corrected chi connectivity index (χ1v) is 7.08. The minimum absolute atomic E-state index is 0.105. The molecule has 4 N–H and O–H groups in total. The molecular weight excluding hydrogens is 280 g/mol. The smallest absolute Gasteiger partial charge is 0.335 e. The summed E-state index contributed by atoms with van der Waals surface area (Å²) in [6.07, 6.45) is 2.06. The Labute approximate surface area is 127 Å². The van der Waals surface area contributed by atoms with Crippen molar-refractivity contribution in [3.05, 3.63) is 53.6 Å². The lowest BCUT2D eigenvalue weighted by molar-refractivity contribution is 0.0696. The molecule has 22 heavy (non-hydrogen) atoms. The fourth-order valence-corrected chi connectivity index (χ4v) is 2.28. The molecule has 0 aliphatic heterocycles. The zero-order valence-corrected chi connectivity index (χ0v) is 11.9. The van der Waals surface area contributed by atoms with Crippen molar-refractivity contribution in [3.63, 3.8) is 0 Å². The summed E-state index contributed by atoms with van der Waals surface area (Å²) in [4.78, 5) is 23.2. The van der Waals surface area contributed by atoms with E-state index in [4.69, 9.17) is 10.8 Å². The normalized spacial score (nSPS) is 13.6. The second kappa shape index (κ2) is 5.52. The Morgan fingerprint density at radius 2 is 1.77 bits per heavy atom. The summed E-state index contributed by atoms with van der Waals surface area (Å²) in [5, 5.41) is 12.0. The first-order chi connectivity index (χ1) is 10.5. The number of carboxylic acids is 1. The number of nitrogens with one attached hydrogen (secondary N) is 1. The van der Waals surface area contributed by atoms with Crippen molar-refractivity contribution < 1.29 is 14.7 Å². The maximum Gasteiger partial charge on any atom is 0.335 e. The van der Waals surface area contributed by atoms with E-state index in [1.165, 1.54) is 6.07 Å². The van der Waals surface area contributed by atoms with E-state index in [9.17, 15) is 9.59 Å². The first kappa shape index (κ1) is 14.1. The van der Waals surface area contributed by atoms with E-state index < -0.39 is 5.97 Å². The summed E-state index contributed by atoms with van der Waals surface area (Å²) in [5.41, 5.74) is 8.27. The molecule has 2 aromatic rings. The van der Waals surface area contributed by atoms with Crippen LogP contribution in [0.1, 0.15) is 33.6 Å². The topological polar surface area (TPSA) is 92.4 Å². The minimum Gasteiger partial charge on any atom is -0.478 e. The Balaban J connectivity index is 1.94. The summed E-state index contributed by atoms with van der Waals surface area (Å²) in [6.45, 7) is 0. The molecule has 1 aliphatic carbocycles. The Hall–Kier alpha value is -2.82. The van der Waals surface area contributed by atoms with Gasteiger partial charge in [-0.15, -0.1) is 0 Å². The maximum absolute atomic E-state index is 12.1. The van der Waals surface area contributed by atoms with Crippen LogP contribution < -0.4 is 11.1 Å². The molecule has 1 aliphatic rings. The molecule has 1 fully saturated rings. The zero-order valence-electron chi connectivity index (χ0n) is 11.9. The summed E-state index contributed by atoms with van der Waals surface area (Å²) in [6, 6.07) is 12.1. The van der Waals surface area contributed by atoms with E-state index in [-0.39, 0.29) is 11.5 Å². The Kier molecular flexibility index (Phi) is 3.55. The summed E-state index contributed by atoms with van der Waals surface area (Å²) in [5.74, 6) is -1.14. The molecule has 0 spiro atoms. The van der Waals surface area contributed by atoms with Gasteiger partial charge >= 0.3 is 5.97 Å². The minimum atomic E-state index is -1.03. The molecule has 0 radical (unpaired) electrons. The number of carbonyl (C=O) groups is 2.